The van der Waals surface area contributed by atoms with Crippen molar-refractivity contribution in [2.75, 3.05) is 19.6 Å². The van der Waals surface area contributed by atoms with Crippen LogP contribution in [0.2, 0.25) is 0 Å². The molecule has 0 saturated carbocycles. The van der Waals surface area contributed by atoms with Gasteiger partial charge in [0.1, 0.15) is 0 Å². The van der Waals surface area contributed by atoms with Crippen LogP contribution in [-0.4, -0.2) is 30.4 Å². The van der Waals surface area contributed by atoms with E-state index in [4.69, 9.17) is 5.73 Å². The fraction of sp³-hybridized carbons (Fsp3) is 0.389. The Balaban J connectivity index is 1.76. The van der Waals surface area contributed by atoms with Crippen molar-refractivity contribution in [3.8, 4) is 0 Å². The number of amides is 1. The second-order valence-electron chi connectivity index (χ2n) is 5.95. The number of carbonyl (C=O) groups excluding carboxylic acids is 1. The molecule has 1 unspecified atom stereocenters. The van der Waals surface area contributed by atoms with Gasteiger partial charge in [-0.25, -0.2) is 0 Å². The third kappa shape index (κ3) is 3.80. The first kappa shape index (κ1) is 16.2. The molecule has 0 bridgehead atoms. The Morgan fingerprint density at radius 3 is 2.83 bits per heavy atom. The van der Waals surface area contributed by atoms with E-state index in [1.54, 1.807) is 11.3 Å². The lowest BCUT2D eigenvalue weighted by atomic mass is 10.0. The molecule has 1 fully saturated rings. The number of aryl methyl sites for hydroxylation is 1. The minimum atomic E-state index is -0.348. The number of primary amides is 1. The summed E-state index contributed by atoms with van der Waals surface area (Å²) in [6.45, 7) is 6.00. The van der Waals surface area contributed by atoms with Crippen molar-refractivity contribution in [1.82, 2.24) is 10.2 Å². The summed E-state index contributed by atoms with van der Waals surface area (Å²) in [5.74, 6) is -0.348. The van der Waals surface area contributed by atoms with Crippen molar-refractivity contribution in [2.45, 2.75) is 25.9 Å². The summed E-state index contributed by atoms with van der Waals surface area (Å²) in [6, 6.07) is 11.2. The first-order valence-electron chi connectivity index (χ1n) is 8.08. The van der Waals surface area contributed by atoms with E-state index in [1.165, 1.54) is 16.0 Å². The molecule has 4 nitrogen and oxygen atoms in total. The highest BCUT2D eigenvalue weighted by atomic mass is 32.1. The molecule has 5 heteroatoms. The van der Waals surface area contributed by atoms with Gasteiger partial charge in [-0.3, -0.25) is 9.69 Å². The minimum absolute atomic E-state index is 0.348. The summed E-state index contributed by atoms with van der Waals surface area (Å²) in [6.07, 6.45) is 1.07. The van der Waals surface area contributed by atoms with Crippen molar-refractivity contribution in [2.24, 2.45) is 5.73 Å². The Hall–Kier alpha value is -1.69. The standard InChI is InChI=1S/C18H23N3OS/c1-2-13-3-5-14(6-4-13)17-10-20-7-8-21(17)11-16-9-15(12-23-16)18(19)22/h3-6,9,12,17,20H,2,7-8,10-11H2,1H3,(H2,19,22). The number of piperazine rings is 1. The fourth-order valence-corrected chi connectivity index (χ4v) is 3.93. The molecule has 3 N–H and O–H groups in total. The molecule has 122 valence electrons. The Bertz CT molecular complexity index is 665. The lowest BCUT2D eigenvalue weighted by Crippen LogP contribution is -2.45. The number of benzene rings is 1. The van der Waals surface area contributed by atoms with Crippen LogP contribution in [0.4, 0.5) is 0 Å². The number of thiophene rings is 1. The maximum atomic E-state index is 11.3. The number of carbonyl (C=O) groups is 1. The van der Waals surface area contributed by atoms with Gasteiger partial charge in [0.2, 0.25) is 5.91 Å². The predicted molar refractivity (Wildman–Crippen MR) is 94.7 cm³/mol. The van der Waals surface area contributed by atoms with E-state index < -0.39 is 0 Å². The summed E-state index contributed by atoms with van der Waals surface area (Å²) < 4.78 is 0. The van der Waals surface area contributed by atoms with Crippen LogP contribution in [0.5, 0.6) is 0 Å². The van der Waals surface area contributed by atoms with Gasteiger partial charge >= 0.3 is 0 Å². The van der Waals surface area contributed by atoms with E-state index in [1.807, 2.05) is 11.4 Å². The number of nitrogens with zero attached hydrogens (tertiary/aromatic N) is 1. The summed E-state index contributed by atoms with van der Waals surface area (Å²) in [7, 11) is 0. The number of nitrogens with two attached hydrogens (primary N) is 1. The van der Waals surface area contributed by atoms with Gasteiger partial charge in [0.15, 0.2) is 0 Å². The molecule has 1 aliphatic heterocycles. The molecule has 1 aliphatic rings. The molecule has 3 rings (SSSR count). The van der Waals surface area contributed by atoms with E-state index in [9.17, 15) is 4.79 Å². The molecule has 1 saturated heterocycles. The highest BCUT2D eigenvalue weighted by molar-refractivity contribution is 7.10. The summed E-state index contributed by atoms with van der Waals surface area (Å²) in [4.78, 5) is 14.9. The smallest absolute Gasteiger partial charge is 0.249 e. The van der Waals surface area contributed by atoms with Crippen molar-refractivity contribution >= 4 is 17.2 Å². The monoisotopic (exact) mass is 329 g/mol. The second kappa shape index (κ2) is 7.25. The topological polar surface area (TPSA) is 58.4 Å². The zero-order valence-corrected chi connectivity index (χ0v) is 14.2. The Kier molecular flexibility index (Phi) is 5.10. The van der Waals surface area contributed by atoms with Crippen molar-refractivity contribution in [3.63, 3.8) is 0 Å². The zero-order chi connectivity index (χ0) is 16.2. The molecule has 1 amide bonds. The van der Waals surface area contributed by atoms with Crippen LogP contribution in [0.1, 0.15) is 39.3 Å². The van der Waals surface area contributed by atoms with Gasteiger partial charge in [0.25, 0.3) is 0 Å². The first-order chi connectivity index (χ1) is 11.2. The van der Waals surface area contributed by atoms with Crippen LogP contribution in [0.3, 0.4) is 0 Å². The molecule has 0 radical (unpaired) electrons. The van der Waals surface area contributed by atoms with Gasteiger partial charge in [-0.15, -0.1) is 11.3 Å². The predicted octanol–water partition coefficient (Wildman–Crippen LogP) is 2.56. The Morgan fingerprint density at radius 2 is 2.17 bits per heavy atom. The molecular formula is C18H23N3OS. The minimum Gasteiger partial charge on any atom is -0.366 e. The van der Waals surface area contributed by atoms with Crippen LogP contribution in [-0.2, 0) is 13.0 Å². The SMILES string of the molecule is CCc1ccc(C2CNCCN2Cc2cc(C(N)=O)cs2)cc1. The van der Waals surface area contributed by atoms with E-state index in [2.05, 4.69) is 41.4 Å². The van der Waals surface area contributed by atoms with E-state index in [0.29, 0.717) is 11.6 Å². The van der Waals surface area contributed by atoms with Crippen molar-refractivity contribution in [1.29, 1.82) is 0 Å². The number of rotatable bonds is 5. The van der Waals surface area contributed by atoms with Crippen LogP contribution in [0, 0.1) is 0 Å². The maximum Gasteiger partial charge on any atom is 0.249 e. The van der Waals surface area contributed by atoms with Gasteiger partial charge in [-0.1, -0.05) is 31.2 Å². The van der Waals surface area contributed by atoms with E-state index in [-0.39, 0.29) is 5.91 Å². The summed E-state index contributed by atoms with van der Waals surface area (Å²) >= 11 is 1.61. The third-order valence-corrected chi connectivity index (χ3v) is 5.35. The van der Waals surface area contributed by atoms with Crippen LogP contribution >= 0.6 is 11.3 Å². The average molecular weight is 329 g/mol. The molecule has 0 aliphatic carbocycles. The van der Waals surface area contributed by atoms with E-state index in [0.717, 1.165) is 32.6 Å². The van der Waals surface area contributed by atoms with Gasteiger partial charge < -0.3 is 11.1 Å². The third-order valence-electron chi connectivity index (χ3n) is 4.42. The molecule has 1 aromatic carbocycles. The number of hydrogen-bond acceptors (Lipinski definition) is 4. The van der Waals surface area contributed by atoms with E-state index >= 15 is 0 Å². The molecule has 1 aromatic heterocycles. The van der Waals surface area contributed by atoms with Gasteiger partial charge in [0.05, 0.1) is 5.56 Å². The maximum absolute atomic E-state index is 11.3. The molecular weight excluding hydrogens is 306 g/mol. The van der Waals surface area contributed by atoms with Crippen molar-refractivity contribution in [3.05, 3.63) is 57.3 Å². The second-order valence-corrected chi connectivity index (χ2v) is 6.95. The Morgan fingerprint density at radius 1 is 1.39 bits per heavy atom. The lowest BCUT2D eigenvalue weighted by molar-refractivity contribution is 0.100. The normalized spacial score (nSPS) is 18.9. The number of hydrogen-bond donors (Lipinski definition) is 2. The van der Waals surface area contributed by atoms with Gasteiger partial charge in [-0.05, 0) is 23.6 Å². The van der Waals surface area contributed by atoms with Crippen molar-refractivity contribution < 1.29 is 4.79 Å². The Labute approximate surface area is 141 Å². The average Bonchev–Trinajstić information content (AvgIpc) is 3.04. The van der Waals surface area contributed by atoms with Crippen LogP contribution < -0.4 is 11.1 Å². The molecule has 2 heterocycles. The quantitative estimate of drug-likeness (QED) is 0.886. The lowest BCUT2D eigenvalue weighted by Gasteiger charge is -2.36. The summed E-state index contributed by atoms with van der Waals surface area (Å²) in [5.41, 5.74) is 8.68. The largest absolute Gasteiger partial charge is 0.366 e. The molecule has 23 heavy (non-hydrogen) atoms. The summed E-state index contributed by atoms with van der Waals surface area (Å²) in [5, 5.41) is 5.34. The molecule has 0 spiro atoms. The fourth-order valence-electron chi connectivity index (χ4n) is 3.03. The number of nitrogens with one attached hydrogen (secondary N) is 1. The first-order valence-corrected chi connectivity index (χ1v) is 8.96. The van der Waals surface area contributed by atoms with Crippen LogP contribution in [0.15, 0.2) is 35.7 Å². The highest BCUT2D eigenvalue weighted by Crippen LogP contribution is 2.26. The van der Waals surface area contributed by atoms with Gasteiger partial charge in [-0.2, -0.15) is 0 Å². The zero-order valence-electron chi connectivity index (χ0n) is 13.4. The van der Waals surface area contributed by atoms with Crippen LogP contribution in [0.25, 0.3) is 0 Å². The molecule has 2 aromatic rings. The highest BCUT2D eigenvalue weighted by Gasteiger charge is 2.24. The van der Waals surface area contributed by atoms with Gasteiger partial charge in [0, 0.05) is 42.5 Å². The molecule has 1 atom stereocenters.